The SMILES string of the molecule is CCN(CC)c1ccc(C)c(O)c1. The lowest BCUT2D eigenvalue weighted by Crippen LogP contribution is -2.21. The van der Waals surface area contributed by atoms with Gasteiger partial charge in [0, 0.05) is 24.8 Å². The molecule has 0 saturated heterocycles. The molecule has 0 aliphatic carbocycles. The quantitative estimate of drug-likeness (QED) is 0.770. The van der Waals surface area contributed by atoms with Crippen molar-refractivity contribution < 1.29 is 5.11 Å². The molecule has 0 bridgehead atoms. The third-order valence-corrected chi connectivity index (χ3v) is 2.32. The van der Waals surface area contributed by atoms with Crippen LogP contribution in [0, 0.1) is 6.92 Å². The Bertz CT molecular complexity index is 279. The summed E-state index contributed by atoms with van der Waals surface area (Å²) in [6, 6.07) is 5.81. The van der Waals surface area contributed by atoms with Gasteiger partial charge in [0.1, 0.15) is 5.75 Å². The van der Waals surface area contributed by atoms with Gasteiger partial charge in [0.2, 0.25) is 0 Å². The summed E-state index contributed by atoms with van der Waals surface area (Å²) in [7, 11) is 0. The van der Waals surface area contributed by atoms with Crippen LogP contribution in [0.2, 0.25) is 0 Å². The second-order valence-corrected chi connectivity index (χ2v) is 3.14. The van der Waals surface area contributed by atoms with E-state index in [1.54, 1.807) is 0 Å². The van der Waals surface area contributed by atoms with Gasteiger partial charge in [-0.1, -0.05) is 6.07 Å². The Morgan fingerprint density at radius 3 is 2.31 bits per heavy atom. The van der Waals surface area contributed by atoms with Gasteiger partial charge in [-0.15, -0.1) is 0 Å². The van der Waals surface area contributed by atoms with Crippen LogP contribution in [0.25, 0.3) is 0 Å². The number of phenolic OH excluding ortho intramolecular Hbond substituents is 1. The van der Waals surface area contributed by atoms with Gasteiger partial charge in [0.05, 0.1) is 0 Å². The molecule has 13 heavy (non-hydrogen) atoms. The van der Waals surface area contributed by atoms with E-state index in [0.717, 1.165) is 24.3 Å². The molecule has 0 saturated carbocycles. The van der Waals surface area contributed by atoms with Crippen molar-refractivity contribution in [2.24, 2.45) is 0 Å². The van der Waals surface area contributed by atoms with Crippen LogP contribution in [0.5, 0.6) is 5.75 Å². The lowest BCUT2D eigenvalue weighted by molar-refractivity contribution is 0.471. The first-order valence-electron chi connectivity index (χ1n) is 4.73. The molecule has 0 aliphatic rings. The molecule has 0 fully saturated rings. The molecule has 0 heterocycles. The number of hydrogen-bond acceptors (Lipinski definition) is 2. The number of benzene rings is 1. The predicted molar refractivity (Wildman–Crippen MR) is 56.4 cm³/mol. The fourth-order valence-electron chi connectivity index (χ4n) is 1.38. The minimum Gasteiger partial charge on any atom is -0.508 e. The van der Waals surface area contributed by atoms with Gasteiger partial charge in [-0.3, -0.25) is 0 Å². The van der Waals surface area contributed by atoms with Gasteiger partial charge >= 0.3 is 0 Å². The molecular formula is C11H17NO. The average Bonchev–Trinajstić information content (AvgIpc) is 2.13. The van der Waals surface area contributed by atoms with Gasteiger partial charge < -0.3 is 10.0 Å². The third kappa shape index (κ3) is 2.14. The maximum absolute atomic E-state index is 9.51. The Labute approximate surface area is 79.8 Å². The number of phenols is 1. The van der Waals surface area contributed by atoms with Gasteiger partial charge in [-0.2, -0.15) is 0 Å². The Hall–Kier alpha value is -1.18. The van der Waals surface area contributed by atoms with E-state index in [9.17, 15) is 5.11 Å². The van der Waals surface area contributed by atoms with Crippen LogP contribution in [0.15, 0.2) is 18.2 Å². The number of aromatic hydroxyl groups is 1. The Balaban J connectivity index is 2.95. The molecule has 0 aromatic heterocycles. The number of hydrogen-bond donors (Lipinski definition) is 1. The van der Waals surface area contributed by atoms with Gasteiger partial charge in [-0.25, -0.2) is 0 Å². The highest BCUT2D eigenvalue weighted by atomic mass is 16.3. The Morgan fingerprint density at radius 1 is 1.23 bits per heavy atom. The molecule has 1 rings (SSSR count). The second kappa shape index (κ2) is 4.17. The molecule has 72 valence electrons. The van der Waals surface area contributed by atoms with E-state index in [-0.39, 0.29) is 0 Å². The number of nitrogens with zero attached hydrogens (tertiary/aromatic N) is 1. The largest absolute Gasteiger partial charge is 0.508 e. The maximum Gasteiger partial charge on any atom is 0.120 e. The molecule has 0 radical (unpaired) electrons. The van der Waals surface area contributed by atoms with E-state index in [1.165, 1.54) is 0 Å². The minimum absolute atomic E-state index is 0.379. The lowest BCUT2D eigenvalue weighted by Gasteiger charge is -2.21. The first kappa shape index (κ1) is 9.90. The van der Waals surface area contributed by atoms with Crippen molar-refractivity contribution in [2.45, 2.75) is 20.8 Å². The van der Waals surface area contributed by atoms with Crippen molar-refractivity contribution >= 4 is 5.69 Å². The Morgan fingerprint density at radius 2 is 1.85 bits per heavy atom. The summed E-state index contributed by atoms with van der Waals surface area (Å²) in [5, 5.41) is 9.51. The summed E-state index contributed by atoms with van der Waals surface area (Å²) in [5.41, 5.74) is 2.02. The van der Waals surface area contributed by atoms with Crippen molar-refractivity contribution in [1.82, 2.24) is 0 Å². The van der Waals surface area contributed by atoms with E-state index in [1.807, 2.05) is 25.1 Å². The lowest BCUT2D eigenvalue weighted by atomic mass is 10.2. The van der Waals surface area contributed by atoms with Crippen molar-refractivity contribution in [3.63, 3.8) is 0 Å². The van der Waals surface area contributed by atoms with Crippen LogP contribution in [-0.4, -0.2) is 18.2 Å². The summed E-state index contributed by atoms with van der Waals surface area (Å²) in [6.45, 7) is 8.07. The van der Waals surface area contributed by atoms with Crippen LogP contribution in [0.3, 0.4) is 0 Å². The molecule has 0 unspecified atom stereocenters. The average molecular weight is 179 g/mol. The molecule has 0 amide bonds. The molecule has 1 aromatic rings. The molecule has 0 atom stereocenters. The van der Waals surface area contributed by atoms with Gasteiger partial charge in [0.15, 0.2) is 0 Å². The molecule has 2 heteroatoms. The highest BCUT2D eigenvalue weighted by Gasteiger charge is 2.03. The van der Waals surface area contributed by atoms with Crippen LogP contribution in [0.4, 0.5) is 5.69 Å². The standard InChI is InChI=1S/C11H17NO/c1-4-12(5-2)10-7-6-9(3)11(13)8-10/h6-8,13H,4-5H2,1-3H3. The van der Waals surface area contributed by atoms with E-state index in [0.29, 0.717) is 5.75 Å². The summed E-state index contributed by atoms with van der Waals surface area (Å²) in [5.74, 6) is 0.379. The zero-order chi connectivity index (χ0) is 9.84. The number of aryl methyl sites for hydroxylation is 1. The van der Waals surface area contributed by atoms with Crippen LogP contribution >= 0.6 is 0 Å². The summed E-state index contributed by atoms with van der Waals surface area (Å²) in [4.78, 5) is 2.21. The number of rotatable bonds is 3. The first-order valence-corrected chi connectivity index (χ1v) is 4.73. The van der Waals surface area contributed by atoms with E-state index < -0.39 is 0 Å². The minimum atomic E-state index is 0.379. The van der Waals surface area contributed by atoms with E-state index in [2.05, 4.69) is 18.7 Å². The molecular weight excluding hydrogens is 162 g/mol. The zero-order valence-electron chi connectivity index (χ0n) is 8.54. The smallest absolute Gasteiger partial charge is 0.120 e. The fraction of sp³-hybridized carbons (Fsp3) is 0.455. The second-order valence-electron chi connectivity index (χ2n) is 3.14. The molecule has 2 nitrogen and oxygen atoms in total. The summed E-state index contributed by atoms with van der Waals surface area (Å²) >= 11 is 0. The van der Waals surface area contributed by atoms with Gasteiger partial charge in [0.25, 0.3) is 0 Å². The fourth-order valence-corrected chi connectivity index (χ4v) is 1.38. The van der Waals surface area contributed by atoms with Crippen molar-refractivity contribution in [1.29, 1.82) is 0 Å². The highest BCUT2D eigenvalue weighted by molar-refractivity contribution is 5.52. The van der Waals surface area contributed by atoms with Gasteiger partial charge in [-0.05, 0) is 32.4 Å². The van der Waals surface area contributed by atoms with E-state index >= 15 is 0 Å². The van der Waals surface area contributed by atoms with Crippen molar-refractivity contribution in [3.05, 3.63) is 23.8 Å². The zero-order valence-corrected chi connectivity index (χ0v) is 8.54. The monoisotopic (exact) mass is 179 g/mol. The first-order chi connectivity index (χ1) is 6.19. The molecule has 0 aliphatic heterocycles. The molecule has 1 aromatic carbocycles. The van der Waals surface area contributed by atoms with Crippen LogP contribution in [0.1, 0.15) is 19.4 Å². The third-order valence-electron chi connectivity index (χ3n) is 2.32. The molecule has 0 spiro atoms. The summed E-state index contributed by atoms with van der Waals surface area (Å²) in [6.07, 6.45) is 0. The maximum atomic E-state index is 9.51. The highest BCUT2D eigenvalue weighted by Crippen LogP contribution is 2.23. The Kier molecular flexibility index (Phi) is 3.18. The van der Waals surface area contributed by atoms with Crippen molar-refractivity contribution in [3.8, 4) is 5.75 Å². The topological polar surface area (TPSA) is 23.5 Å². The predicted octanol–water partition coefficient (Wildman–Crippen LogP) is 2.55. The van der Waals surface area contributed by atoms with Crippen molar-refractivity contribution in [2.75, 3.05) is 18.0 Å². The van der Waals surface area contributed by atoms with E-state index in [4.69, 9.17) is 0 Å². The number of anilines is 1. The summed E-state index contributed by atoms with van der Waals surface area (Å²) < 4.78 is 0. The van der Waals surface area contributed by atoms with Crippen LogP contribution in [-0.2, 0) is 0 Å². The molecule has 1 N–H and O–H groups in total. The normalized spacial score (nSPS) is 10.1. The van der Waals surface area contributed by atoms with Crippen LogP contribution < -0.4 is 4.90 Å².